The van der Waals surface area contributed by atoms with E-state index in [-0.39, 0.29) is 48.1 Å². The standard InChI is InChI=1S/C26H24N2O4/c1-32-17-9-5-6-15(12-17)24(29)27(16-7-3-2-4-8-16)14-28-25(30)22-18-10-11-19(21-13-20(18)21)23(22)26(28)31/h2-12,18-23H,13-14H2,1H3/t18-,19-,20-,21+,22+,23-/m1/s1. The molecule has 0 radical (unpaired) electrons. The first-order chi connectivity index (χ1) is 15.6. The maximum atomic E-state index is 13.5. The van der Waals surface area contributed by atoms with Crippen LogP contribution in [0.1, 0.15) is 16.8 Å². The summed E-state index contributed by atoms with van der Waals surface area (Å²) in [4.78, 5) is 43.3. The maximum absolute atomic E-state index is 13.5. The van der Waals surface area contributed by atoms with Crippen LogP contribution in [0.4, 0.5) is 5.69 Å². The third-order valence-corrected chi connectivity index (χ3v) is 7.67. The van der Waals surface area contributed by atoms with Crippen LogP contribution in [-0.4, -0.2) is 36.4 Å². The number of imide groups is 1. The normalized spacial score (nSPS) is 31.3. The Morgan fingerprint density at radius 2 is 1.62 bits per heavy atom. The number of carbonyl (C=O) groups excluding carboxylic acids is 3. The second-order valence-corrected chi connectivity index (χ2v) is 9.20. The highest BCUT2D eigenvalue weighted by Gasteiger charge is 2.67. The molecule has 162 valence electrons. The predicted molar refractivity (Wildman–Crippen MR) is 118 cm³/mol. The highest BCUT2D eigenvalue weighted by atomic mass is 16.5. The van der Waals surface area contributed by atoms with Gasteiger partial charge in [0.15, 0.2) is 0 Å². The first-order valence-electron chi connectivity index (χ1n) is 11.1. The monoisotopic (exact) mass is 428 g/mol. The highest BCUT2D eigenvalue weighted by Crippen LogP contribution is 2.65. The number of carbonyl (C=O) groups is 3. The molecule has 4 aliphatic carbocycles. The quantitative estimate of drug-likeness (QED) is 0.541. The lowest BCUT2D eigenvalue weighted by Gasteiger charge is -2.37. The van der Waals surface area contributed by atoms with Gasteiger partial charge in [0.1, 0.15) is 12.4 Å². The molecule has 2 bridgehead atoms. The molecule has 6 atom stereocenters. The molecule has 5 aliphatic rings. The summed E-state index contributed by atoms with van der Waals surface area (Å²) in [6.45, 7) is -0.0838. The van der Waals surface area contributed by atoms with Crippen molar-refractivity contribution in [2.45, 2.75) is 6.42 Å². The molecule has 1 heterocycles. The minimum atomic E-state index is -0.283. The summed E-state index contributed by atoms with van der Waals surface area (Å²) in [6, 6.07) is 16.1. The summed E-state index contributed by atoms with van der Waals surface area (Å²) in [6.07, 6.45) is 5.44. The fourth-order valence-corrected chi connectivity index (χ4v) is 6.08. The molecule has 2 saturated carbocycles. The van der Waals surface area contributed by atoms with Crippen molar-refractivity contribution in [3.8, 4) is 5.75 Å². The first-order valence-corrected chi connectivity index (χ1v) is 11.1. The zero-order valence-corrected chi connectivity index (χ0v) is 17.8. The molecule has 3 fully saturated rings. The molecule has 0 unspecified atom stereocenters. The van der Waals surface area contributed by atoms with Gasteiger partial charge in [-0.15, -0.1) is 0 Å². The van der Waals surface area contributed by atoms with Crippen molar-refractivity contribution in [3.63, 3.8) is 0 Å². The number of nitrogens with zero attached hydrogens (tertiary/aromatic N) is 2. The van der Waals surface area contributed by atoms with Crippen molar-refractivity contribution >= 4 is 23.4 Å². The molecule has 1 aliphatic heterocycles. The predicted octanol–water partition coefficient (Wildman–Crippen LogP) is 3.35. The Labute approximate surface area is 186 Å². The Morgan fingerprint density at radius 1 is 0.969 bits per heavy atom. The van der Waals surface area contributed by atoms with Gasteiger partial charge in [0.25, 0.3) is 5.91 Å². The van der Waals surface area contributed by atoms with E-state index in [0.717, 1.165) is 6.42 Å². The van der Waals surface area contributed by atoms with E-state index in [9.17, 15) is 14.4 Å². The summed E-state index contributed by atoms with van der Waals surface area (Å²) in [5.74, 6) is 0.897. The lowest BCUT2D eigenvalue weighted by Crippen LogP contribution is -2.45. The van der Waals surface area contributed by atoms with E-state index < -0.39 is 0 Å². The number of ether oxygens (including phenoxy) is 1. The molecule has 7 rings (SSSR count). The second kappa shape index (κ2) is 7.05. The lowest BCUT2D eigenvalue weighted by atomic mass is 9.63. The fraction of sp³-hybridized carbons (Fsp3) is 0.346. The van der Waals surface area contributed by atoms with Gasteiger partial charge in [-0.2, -0.15) is 0 Å². The van der Waals surface area contributed by atoms with Gasteiger partial charge < -0.3 is 4.74 Å². The van der Waals surface area contributed by atoms with Crippen LogP contribution in [0.3, 0.4) is 0 Å². The number of rotatable bonds is 5. The number of allylic oxidation sites excluding steroid dienone is 2. The number of methoxy groups -OCH3 is 1. The largest absolute Gasteiger partial charge is 0.497 e. The molecule has 0 N–H and O–H groups in total. The van der Waals surface area contributed by atoms with Crippen LogP contribution < -0.4 is 9.64 Å². The molecule has 6 heteroatoms. The van der Waals surface area contributed by atoms with Crippen LogP contribution in [0, 0.1) is 35.5 Å². The summed E-state index contributed by atoms with van der Waals surface area (Å²) < 4.78 is 5.27. The van der Waals surface area contributed by atoms with Crippen molar-refractivity contribution in [1.82, 2.24) is 4.90 Å². The van der Waals surface area contributed by atoms with Crippen LogP contribution in [0.15, 0.2) is 66.7 Å². The number of para-hydroxylation sites is 1. The Morgan fingerprint density at radius 3 is 2.25 bits per heavy atom. The molecular formula is C26H24N2O4. The van der Waals surface area contributed by atoms with E-state index in [1.54, 1.807) is 31.4 Å². The minimum Gasteiger partial charge on any atom is -0.497 e. The van der Waals surface area contributed by atoms with E-state index in [1.165, 1.54) is 9.80 Å². The fourth-order valence-electron chi connectivity index (χ4n) is 6.08. The molecule has 3 amide bonds. The van der Waals surface area contributed by atoms with Crippen molar-refractivity contribution in [3.05, 3.63) is 72.3 Å². The number of hydrogen-bond donors (Lipinski definition) is 0. The molecule has 2 aromatic carbocycles. The van der Waals surface area contributed by atoms with Crippen LogP contribution >= 0.6 is 0 Å². The van der Waals surface area contributed by atoms with Gasteiger partial charge >= 0.3 is 0 Å². The zero-order valence-electron chi connectivity index (χ0n) is 17.8. The smallest absolute Gasteiger partial charge is 0.259 e. The van der Waals surface area contributed by atoms with E-state index in [0.29, 0.717) is 28.8 Å². The van der Waals surface area contributed by atoms with Gasteiger partial charge in [0, 0.05) is 11.3 Å². The third-order valence-electron chi connectivity index (χ3n) is 7.67. The van der Waals surface area contributed by atoms with E-state index >= 15 is 0 Å². The Kier molecular flexibility index (Phi) is 4.25. The zero-order chi connectivity index (χ0) is 22.0. The van der Waals surface area contributed by atoms with Gasteiger partial charge in [-0.25, -0.2) is 0 Å². The number of anilines is 1. The van der Waals surface area contributed by atoms with Crippen LogP contribution in [0.2, 0.25) is 0 Å². The highest BCUT2D eigenvalue weighted by molar-refractivity contribution is 6.10. The van der Waals surface area contributed by atoms with Gasteiger partial charge in [-0.05, 0) is 60.4 Å². The average Bonchev–Trinajstić information content (AvgIpc) is 3.62. The molecule has 0 aromatic heterocycles. The van der Waals surface area contributed by atoms with E-state index in [1.807, 2.05) is 30.3 Å². The summed E-state index contributed by atoms with van der Waals surface area (Å²) in [5, 5.41) is 0. The summed E-state index contributed by atoms with van der Waals surface area (Å²) in [5.41, 5.74) is 1.08. The average molecular weight is 428 g/mol. The molecule has 2 aromatic rings. The first kappa shape index (κ1) is 19.3. The van der Waals surface area contributed by atoms with Gasteiger partial charge in [0.05, 0.1) is 18.9 Å². The molecule has 6 nitrogen and oxygen atoms in total. The van der Waals surface area contributed by atoms with Crippen molar-refractivity contribution < 1.29 is 19.1 Å². The second-order valence-electron chi connectivity index (χ2n) is 9.20. The Hall–Kier alpha value is -3.41. The molecule has 1 saturated heterocycles. The lowest BCUT2D eigenvalue weighted by molar-refractivity contribution is -0.140. The van der Waals surface area contributed by atoms with Gasteiger partial charge in [-0.3, -0.25) is 24.2 Å². The van der Waals surface area contributed by atoms with Gasteiger partial charge in [0.2, 0.25) is 11.8 Å². The van der Waals surface area contributed by atoms with Crippen molar-refractivity contribution in [1.29, 1.82) is 0 Å². The molecular weight excluding hydrogens is 404 g/mol. The van der Waals surface area contributed by atoms with E-state index in [4.69, 9.17) is 4.74 Å². The Balaban J connectivity index is 1.33. The number of amides is 3. The maximum Gasteiger partial charge on any atom is 0.259 e. The van der Waals surface area contributed by atoms with Crippen molar-refractivity contribution in [2.75, 3.05) is 18.7 Å². The van der Waals surface area contributed by atoms with Crippen LogP contribution in [0.5, 0.6) is 5.75 Å². The topological polar surface area (TPSA) is 66.9 Å². The SMILES string of the molecule is COc1cccc(C(=O)N(CN2C(=O)[C@@H]3[C@@H]4C=C[C@H]([C@H]5C[C@@H]45)[C@@H]3C2=O)c2ccccc2)c1. The van der Waals surface area contributed by atoms with Crippen LogP contribution in [0.25, 0.3) is 0 Å². The number of hydrogen-bond acceptors (Lipinski definition) is 4. The third kappa shape index (κ3) is 2.75. The number of likely N-dealkylation sites (tertiary alicyclic amines) is 1. The number of benzene rings is 2. The van der Waals surface area contributed by atoms with Crippen molar-refractivity contribution in [2.24, 2.45) is 35.5 Å². The summed E-state index contributed by atoms with van der Waals surface area (Å²) in [7, 11) is 1.55. The molecule has 0 spiro atoms. The molecule has 32 heavy (non-hydrogen) atoms. The van der Waals surface area contributed by atoms with E-state index in [2.05, 4.69) is 12.2 Å². The van der Waals surface area contributed by atoms with Crippen LogP contribution in [-0.2, 0) is 9.59 Å². The van der Waals surface area contributed by atoms with Gasteiger partial charge in [-0.1, -0.05) is 36.4 Å². The summed E-state index contributed by atoms with van der Waals surface area (Å²) >= 11 is 0. The Bertz CT molecular complexity index is 1110. The minimum absolute atomic E-state index is 0.0838.